The van der Waals surface area contributed by atoms with Gasteiger partial charge in [0.15, 0.2) is 5.60 Å². The third-order valence-corrected chi connectivity index (χ3v) is 16.2. The van der Waals surface area contributed by atoms with Crippen molar-refractivity contribution in [2.24, 2.45) is 63.6 Å². The normalized spacial score (nSPS) is 34.4. The fourth-order valence-electron chi connectivity index (χ4n) is 10.6. The molecule has 316 valence electrons. The second-order valence-corrected chi connectivity index (χ2v) is 21.3. The van der Waals surface area contributed by atoms with Crippen LogP contribution >= 0.6 is 0 Å². The van der Waals surface area contributed by atoms with Gasteiger partial charge in [-0.25, -0.2) is 0 Å². The van der Waals surface area contributed by atoms with Crippen molar-refractivity contribution in [1.29, 1.82) is 0 Å². The summed E-state index contributed by atoms with van der Waals surface area (Å²) in [6.45, 7) is 30.1. The van der Waals surface area contributed by atoms with Crippen molar-refractivity contribution in [3.8, 4) is 0 Å². The summed E-state index contributed by atoms with van der Waals surface area (Å²) < 4.78 is 22.8. The van der Waals surface area contributed by atoms with E-state index in [2.05, 4.69) is 34.6 Å². The molecule has 0 spiro atoms. The topological polar surface area (TPSA) is 105 Å². The fourth-order valence-corrected chi connectivity index (χ4v) is 10.6. The predicted octanol–water partition coefficient (Wildman–Crippen LogP) is 11.1. The van der Waals surface area contributed by atoms with E-state index in [1.807, 2.05) is 55.4 Å². The predicted molar refractivity (Wildman–Crippen MR) is 217 cm³/mol. The molecule has 8 nitrogen and oxygen atoms in total. The summed E-state index contributed by atoms with van der Waals surface area (Å²) in [6, 6.07) is 0. The summed E-state index contributed by atoms with van der Waals surface area (Å²) in [5.74, 6) is 5.57. The third-order valence-electron chi connectivity index (χ3n) is 16.2. The molecule has 0 aromatic rings. The second-order valence-electron chi connectivity index (χ2n) is 21.3. The summed E-state index contributed by atoms with van der Waals surface area (Å²) in [4.78, 5) is 48.1. The van der Waals surface area contributed by atoms with Gasteiger partial charge in [0.2, 0.25) is 0 Å². The molecule has 1 aliphatic heterocycles. The molecule has 8 heteroatoms. The first kappa shape index (κ1) is 45.6. The fraction of sp³-hybridized carbons (Fsp3) is 0.915. The molecule has 55 heavy (non-hydrogen) atoms. The lowest BCUT2D eigenvalue weighted by molar-refractivity contribution is -0.190. The molecule has 0 aromatic heterocycles. The molecule has 0 radical (unpaired) electrons. The van der Waals surface area contributed by atoms with Crippen molar-refractivity contribution in [3.05, 3.63) is 0 Å². The number of hydrogen-bond donors (Lipinski definition) is 0. The van der Waals surface area contributed by atoms with E-state index in [1.54, 1.807) is 13.8 Å². The van der Waals surface area contributed by atoms with E-state index in [9.17, 15) is 19.2 Å². The molecule has 0 aromatic carbocycles. The average molecular weight is 773 g/mol. The quantitative estimate of drug-likeness (QED) is 0.116. The maximum Gasteiger partial charge on any atom is 0.312 e. The first-order valence-corrected chi connectivity index (χ1v) is 22.2. The van der Waals surface area contributed by atoms with Crippen molar-refractivity contribution >= 4 is 23.9 Å². The summed E-state index contributed by atoms with van der Waals surface area (Å²) in [6.07, 6.45) is 13.5. The Bertz CT molecular complexity index is 1390. The van der Waals surface area contributed by atoms with Crippen LogP contribution < -0.4 is 0 Å². The Morgan fingerprint density at radius 1 is 0.709 bits per heavy atom. The summed E-state index contributed by atoms with van der Waals surface area (Å²) in [5.41, 5.74) is -2.37. The number of carbonyl (C=O) groups excluding carboxylic acids is 4. The van der Waals surface area contributed by atoms with Gasteiger partial charge in [-0.3, -0.25) is 19.2 Å². The Morgan fingerprint density at radius 3 is 1.62 bits per heavy atom. The molecule has 9 atom stereocenters. The highest BCUT2D eigenvalue weighted by atomic mass is 16.6. The van der Waals surface area contributed by atoms with Gasteiger partial charge in [0.05, 0.1) is 22.7 Å². The lowest BCUT2D eigenvalue weighted by atomic mass is 9.63. The van der Waals surface area contributed by atoms with E-state index >= 15 is 0 Å². The highest BCUT2D eigenvalue weighted by Gasteiger charge is 2.69. The molecule has 0 amide bonds. The Labute approximate surface area is 335 Å². The van der Waals surface area contributed by atoms with Crippen LogP contribution in [0.25, 0.3) is 0 Å². The van der Waals surface area contributed by atoms with E-state index in [0.717, 1.165) is 61.7 Å². The van der Waals surface area contributed by atoms with Crippen molar-refractivity contribution in [1.82, 2.24) is 0 Å². The van der Waals surface area contributed by atoms with Gasteiger partial charge < -0.3 is 18.9 Å². The Hall–Kier alpha value is -2.12. The zero-order chi connectivity index (χ0) is 41.5. The first-order chi connectivity index (χ1) is 25.3. The number of fused-ring (bicyclic) bond motifs is 9. The zero-order valence-electron chi connectivity index (χ0n) is 37.7. The number of esters is 4. The molecule has 0 N–H and O–H groups in total. The monoisotopic (exact) mass is 773 g/mol. The van der Waals surface area contributed by atoms with Gasteiger partial charge in [-0.1, -0.05) is 48.5 Å². The van der Waals surface area contributed by atoms with E-state index in [1.165, 1.54) is 38.5 Å². The van der Waals surface area contributed by atoms with Crippen LogP contribution in [0.4, 0.5) is 0 Å². The molecule has 1 heterocycles. The maximum absolute atomic E-state index is 12.9. The van der Waals surface area contributed by atoms with Crippen LogP contribution in [0.3, 0.4) is 0 Å². The number of carbonyl (C=O) groups is 4. The Kier molecular flexibility index (Phi) is 13.8. The maximum atomic E-state index is 12.9. The molecule has 6 rings (SSSR count). The van der Waals surface area contributed by atoms with Crippen molar-refractivity contribution in [2.75, 3.05) is 0 Å². The van der Waals surface area contributed by atoms with Crippen LogP contribution in [-0.2, 0) is 38.1 Å². The second kappa shape index (κ2) is 16.6. The van der Waals surface area contributed by atoms with Crippen molar-refractivity contribution < 1.29 is 38.1 Å². The summed E-state index contributed by atoms with van der Waals surface area (Å²) >= 11 is 0. The standard InChI is InChI=1S/C21H34O2.C14H26O2.C12H20O4/c1-6-20(4,5)19(22)23-21(12(2)3)11-15-10-16(21)18-14-8-7-13(9-14)17(15)18;1-6-13(4,5)12(15)16-14(11(2)3)9-7-8-10-14;1-6-11(3,4)10(14)16-12(5)7-9(13)15-8(12)2/h12-18H,6-11H2,1-5H3;11H,6-10H2,1-5H3;8H,6-7H2,1-5H3. The molecule has 6 aliphatic rings. The van der Waals surface area contributed by atoms with Crippen LogP contribution in [0.15, 0.2) is 0 Å². The van der Waals surface area contributed by atoms with Crippen LogP contribution in [0, 0.1) is 63.6 Å². The number of cyclic esters (lactones) is 1. The highest BCUT2D eigenvalue weighted by Crippen LogP contribution is 2.71. The van der Waals surface area contributed by atoms with Gasteiger partial charge >= 0.3 is 23.9 Å². The van der Waals surface area contributed by atoms with Gasteiger partial charge in [-0.2, -0.15) is 0 Å². The van der Waals surface area contributed by atoms with Crippen LogP contribution in [0.1, 0.15) is 187 Å². The molecule has 6 fully saturated rings. The lowest BCUT2D eigenvalue weighted by Gasteiger charge is -2.49. The lowest BCUT2D eigenvalue weighted by Crippen LogP contribution is -2.52. The smallest absolute Gasteiger partial charge is 0.312 e. The van der Waals surface area contributed by atoms with E-state index < -0.39 is 11.0 Å². The molecule has 9 unspecified atom stereocenters. The Balaban J connectivity index is 0.000000189. The van der Waals surface area contributed by atoms with Crippen LogP contribution in [-0.4, -0.2) is 46.8 Å². The minimum Gasteiger partial charge on any atom is -0.458 e. The van der Waals surface area contributed by atoms with Crippen LogP contribution in [0.2, 0.25) is 0 Å². The van der Waals surface area contributed by atoms with Crippen LogP contribution in [0.5, 0.6) is 0 Å². The van der Waals surface area contributed by atoms with Crippen molar-refractivity contribution in [3.63, 3.8) is 0 Å². The SMILES string of the molecule is CCC(C)(C)C(=O)OC1(C(C)C)CC2CC1C1C3CCC(C3)C21.CCC(C)(C)C(=O)OC1(C(C)C)CCCC1.CCC(C)(C)C(=O)OC1(C)CC(=O)OC1C. The Morgan fingerprint density at radius 2 is 1.18 bits per heavy atom. The van der Waals surface area contributed by atoms with Gasteiger partial charge in [-0.15, -0.1) is 0 Å². The van der Waals surface area contributed by atoms with Crippen molar-refractivity contribution in [2.45, 2.75) is 210 Å². The number of ether oxygens (including phenoxy) is 4. The van der Waals surface area contributed by atoms with Gasteiger partial charge in [-0.05, 0) is 174 Å². The molecule has 5 saturated carbocycles. The number of hydrogen-bond acceptors (Lipinski definition) is 8. The minimum atomic E-state index is -0.819. The molecule has 4 bridgehead atoms. The van der Waals surface area contributed by atoms with E-state index in [-0.39, 0.29) is 58.4 Å². The number of rotatable bonds is 11. The van der Waals surface area contributed by atoms with E-state index in [4.69, 9.17) is 18.9 Å². The molecule has 5 aliphatic carbocycles. The molecular weight excluding hydrogens is 693 g/mol. The van der Waals surface area contributed by atoms with Gasteiger partial charge in [0.25, 0.3) is 0 Å². The average Bonchev–Trinajstić information content (AvgIpc) is 3.97. The first-order valence-electron chi connectivity index (χ1n) is 22.2. The highest BCUT2D eigenvalue weighted by molar-refractivity contribution is 5.79. The minimum absolute atomic E-state index is 0.0226. The van der Waals surface area contributed by atoms with Gasteiger partial charge in [0.1, 0.15) is 17.3 Å². The summed E-state index contributed by atoms with van der Waals surface area (Å²) in [7, 11) is 0. The van der Waals surface area contributed by atoms with E-state index in [0.29, 0.717) is 24.2 Å². The summed E-state index contributed by atoms with van der Waals surface area (Å²) in [5, 5.41) is 0. The molecular formula is C47H80O8. The third kappa shape index (κ3) is 8.98. The largest absolute Gasteiger partial charge is 0.458 e. The zero-order valence-corrected chi connectivity index (χ0v) is 37.7. The van der Waals surface area contributed by atoms with Gasteiger partial charge in [0, 0.05) is 5.92 Å². The molecule has 1 saturated heterocycles.